The van der Waals surface area contributed by atoms with Gasteiger partial charge in [-0.2, -0.15) is 5.10 Å². The van der Waals surface area contributed by atoms with Crippen LogP contribution in [0.15, 0.2) is 18.5 Å². The Kier molecular flexibility index (Phi) is 2.83. The maximum atomic E-state index is 7.81. The molecule has 0 spiro atoms. The predicted octanol–water partition coefficient (Wildman–Crippen LogP) is 1.97. The molecule has 0 aliphatic rings. The van der Waals surface area contributed by atoms with E-state index in [4.69, 9.17) is 11.1 Å². The molecule has 0 aliphatic carbocycles. The number of nitrogen functional groups attached to an aromatic ring is 1. The number of nitrogens with two attached hydrogens (primary N) is 1. The Bertz CT molecular complexity index is 868. The molecule has 0 saturated heterocycles. The van der Waals surface area contributed by atoms with Crippen molar-refractivity contribution in [2.75, 3.05) is 0 Å². The normalized spacial score (nSPS) is 11.2. The fourth-order valence-corrected chi connectivity index (χ4v) is 2.67. The molecule has 3 aromatic rings. The molecular formula is C15H18N6. The second-order valence-electron chi connectivity index (χ2n) is 5.36. The summed E-state index contributed by atoms with van der Waals surface area (Å²) >= 11 is 0. The van der Waals surface area contributed by atoms with Gasteiger partial charge in [-0.15, -0.1) is 0 Å². The van der Waals surface area contributed by atoms with E-state index in [1.165, 1.54) is 11.1 Å². The molecule has 3 N–H and O–H groups in total. The van der Waals surface area contributed by atoms with Gasteiger partial charge in [-0.1, -0.05) is 0 Å². The van der Waals surface area contributed by atoms with E-state index in [1.807, 2.05) is 18.5 Å². The van der Waals surface area contributed by atoms with Crippen LogP contribution in [0.1, 0.15) is 22.4 Å². The molecule has 6 nitrogen and oxygen atoms in total. The third kappa shape index (κ3) is 1.91. The lowest BCUT2D eigenvalue weighted by atomic mass is 10.1. The fourth-order valence-electron chi connectivity index (χ4n) is 2.67. The van der Waals surface area contributed by atoms with Crippen LogP contribution in [0.25, 0.3) is 16.9 Å². The van der Waals surface area contributed by atoms with E-state index < -0.39 is 0 Å². The quantitative estimate of drug-likeness (QED) is 0.556. The Morgan fingerprint density at radius 1 is 1.19 bits per heavy atom. The minimum absolute atomic E-state index is 0.0151. The van der Waals surface area contributed by atoms with Crippen molar-refractivity contribution in [1.82, 2.24) is 19.3 Å². The number of imidazole rings is 1. The molecular weight excluding hydrogens is 264 g/mol. The number of nitrogens with one attached hydrogen (secondary N) is 1. The molecule has 0 radical (unpaired) electrons. The molecule has 0 fully saturated rings. The van der Waals surface area contributed by atoms with Crippen LogP contribution in [-0.4, -0.2) is 25.2 Å². The molecule has 108 valence electrons. The molecule has 0 saturated carbocycles. The zero-order valence-electron chi connectivity index (χ0n) is 12.6. The molecule has 2 aromatic heterocycles. The Morgan fingerprint density at radius 3 is 2.52 bits per heavy atom. The number of nitrogens with zero attached hydrogens (tertiary/aromatic N) is 4. The minimum atomic E-state index is 0.0151. The lowest BCUT2D eigenvalue weighted by Gasteiger charge is -2.09. The summed E-state index contributed by atoms with van der Waals surface area (Å²) in [5, 5.41) is 12.2. The molecule has 21 heavy (non-hydrogen) atoms. The van der Waals surface area contributed by atoms with Crippen LogP contribution in [0.3, 0.4) is 0 Å². The molecule has 2 heterocycles. The van der Waals surface area contributed by atoms with Crippen LogP contribution in [0.5, 0.6) is 0 Å². The highest BCUT2D eigenvalue weighted by Gasteiger charge is 2.19. The van der Waals surface area contributed by atoms with E-state index >= 15 is 0 Å². The largest absolute Gasteiger partial charge is 0.384 e. The van der Waals surface area contributed by atoms with Crippen molar-refractivity contribution in [3.8, 4) is 5.82 Å². The fraction of sp³-hybridized carbons (Fsp3) is 0.267. The van der Waals surface area contributed by atoms with E-state index in [1.54, 1.807) is 11.0 Å². The van der Waals surface area contributed by atoms with Gasteiger partial charge in [0.25, 0.3) is 0 Å². The molecule has 0 bridgehead atoms. The van der Waals surface area contributed by atoms with Crippen molar-refractivity contribution in [3.05, 3.63) is 40.8 Å². The van der Waals surface area contributed by atoms with Gasteiger partial charge in [-0.25, -0.2) is 4.98 Å². The van der Waals surface area contributed by atoms with Crippen LogP contribution >= 0.6 is 0 Å². The Labute approximate surface area is 122 Å². The Balaban J connectivity index is 2.36. The topological polar surface area (TPSA) is 85.5 Å². The summed E-state index contributed by atoms with van der Waals surface area (Å²) in [5.74, 6) is 0.784. The van der Waals surface area contributed by atoms with Gasteiger partial charge in [0, 0.05) is 7.05 Å². The van der Waals surface area contributed by atoms with E-state index in [-0.39, 0.29) is 5.84 Å². The summed E-state index contributed by atoms with van der Waals surface area (Å²) in [6.07, 6.45) is 1.76. The molecule has 0 unspecified atom stereocenters. The van der Waals surface area contributed by atoms with Crippen LogP contribution in [0.2, 0.25) is 0 Å². The summed E-state index contributed by atoms with van der Waals surface area (Å²) in [6, 6.07) is 4.17. The van der Waals surface area contributed by atoms with Crippen LogP contribution in [-0.2, 0) is 7.05 Å². The monoisotopic (exact) mass is 282 g/mol. The van der Waals surface area contributed by atoms with Gasteiger partial charge in [0.15, 0.2) is 0 Å². The smallest absolute Gasteiger partial charge is 0.147 e. The highest BCUT2D eigenvalue weighted by atomic mass is 15.3. The van der Waals surface area contributed by atoms with Gasteiger partial charge < -0.3 is 5.73 Å². The maximum Gasteiger partial charge on any atom is 0.147 e. The number of fused-ring (bicyclic) bond motifs is 1. The highest BCUT2D eigenvalue weighted by Crippen LogP contribution is 2.24. The standard InChI is InChI=1S/C15H18N6/c1-8-5-11-12(6-9(8)2)21(7-18-11)15-13(14(16)17)10(3)19-20(15)4/h5-7H,1-4H3,(H3,16,17). The first kappa shape index (κ1) is 13.4. The zero-order chi connectivity index (χ0) is 15.3. The molecule has 0 aliphatic heterocycles. The SMILES string of the molecule is Cc1cc2ncn(-c3c(C(=N)N)c(C)nn3C)c2cc1C. The van der Waals surface area contributed by atoms with Gasteiger partial charge in [-0.3, -0.25) is 14.7 Å². The van der Waals surface area contributed by atoms with Crippen LogP contribution < -0.4 is 5.73 Å². The van der Waals surface area contributed by atoms with Crippen molar-refractivity contribution in [3.63, 3.8) is 0 Å². The number of benzene rings is 1. The zero-order valence-corrected chi connectivity index (χ0v) is 12.6. The highest BCUT2D eigenvalue weighted by molar-refractivity contribution is 5.99. The first-order chi connectivity index (χ1) is 9.90. The van der Waals surface area contributed by atoms with Crippen LogP contribution in [0, 0.1) is 26.2 Å². The number of rotatable bonds is 2. The Morgan fingerprint density at radius 2 is 1.86 bits per heavy atom. The van der Waals surface area contributed by atoms with E-state index in [9.17, 15) is 0 Å². The average molecular weight is 282 g/mol. The minimum Gasteiger partial charge on any atom is -0.384 e. The maximum absolute atomic E-state index is 7.81. The second kappa shape index (κ2) is 4.44. The first-order valence-electron chi connectivity index (χ1n) is 6.73. The van der Waals surface area contributed by atoms with Crippen molar-refractivity contribution in [2.45, 2.75) is 20.8 Å². The number of hydrogen-bond acceptors (Lipinski definition) is 3. The van der Waals surface area contributed by atoms with Gasteiger partial charge in [0.05, 0.1) is 22.3 Å². The van der Waals surface area contributed by atoms with E-state index in [0.29, 0.717) is 5.56 Å². The first-order valence-corrected chi connectivity index (χ1v) is 6.73. The summed E-state index contributed by atoms with van der Waals surface area (Å²) in [5.41, 5.74) is 11.4. The van der Waals surface area contributed by atoms with Crippen LogP contribution in [0.4, 0.5) is 0 Å². The summed E-state index contributed by atoms with van der Waals surface area (Å²) in [7, 11) is 1.85. The lowest BCUT2D eigenvalue weighted by molar-refractivity contribution is 0.726. The third-order valence-corrected chi connectivity index (χ3v) is 3.85. The summed E-state index contributed by atoms with van der Waals surface area (Å²) < 4.78 is 3.68. The molecule has 6 heteroatoms. The molecule has 0 atom stereocenters. The number of aryl methyl sites for hydroxylation is 4. The van der Waals surface area contributed by atoms with Crippen molar-refractivity contribution in [1.29, 1.82) is 5.41 Å². The number of aromatic nitrogens is 4. The Hall–Kier alpha value is -2.63. The van der Waals surface area contributed by atoms with Crippen molar-refractivity contribution in [2.24, 2.45) is 12.8 Å². The van der Waals surface area contributed by atoms with Gasteiger partial charge >= 0.3 is 0 Å². The number of amidine groups is 1. The third-order valence-electron chi connectivity index (χ3n) is 3.85. The van der Waals surface area contributed by atoms with Crippen molar-refractivity contribution < 1.29 is 0 Å². The van der Waals surface area contributed by atoms with Crippen molar-refractivity contribution >= 4 is 16.9 Å². The number of hydrogen-bond donors (Lipinski definition) is 2. The lowest BCUT2D eigenvalue weighted by Crippen LogP contribution is -2.15. The molecule has 0 amide bonds. The van der Waals surface area contributed by atoms with Gasteiger partial charge in [-0.05, 0) is 44.0 Å². The molecule has 1 aromatic carbocycles. The van der Waals surface area contributed by atoms with Gasteiger partial charge in [0.1, 0.15) is 18.0 Å². The summed E-state index contributed by atoms with van der Waals surface area (Å²) in [6.45, 7) is 6.00. The molecule has 3 rings (SSSR count). The predicted molar refractivity (Wildman–Crippen MR) is 83.1 cm³/mol. The second-order valence-corrected chi connectivity index (χ2v) is 5.36. The average Bonchev–Trinajstić information content (AvgIpc) is 2.90. The van der Waals surface area contributed by atoms with E-state index in [0.717, 1.165) is 22.5 Å². The van der Waals surface area contributed by atoms with Gasteiger partial charge in [0.2, 0.25) is 0 Å². The van der Waals surface area contributed by atoms with E-state index in [2.05, 4.69) is 36.1 Å². The summed E-state index contributed by atoms with van der Waals surface area (Å²) in [4.78, 5) is 4.46.